The Hall–Kier alpha value is -5.92. The number of aromatic nitrogens is 4. The fourth-order valence-corrected chi connectivity index (χ4v) is 8.98. The van der Waals surface area contributed by atoms with Crippen LogP contribution in [0.4, 0.5) is 16.2 Å². The summed E-state index contributed by atoms with van der Waals surface area (Å²) in [6.07, 6.45) is 8.30. The van der Waals surface area contributed by atoms with Gasteiger partial charge >= 0.3 is 6.09 Å². The first kappa shape index (κ1) is 44.7. The van der Waals surface area contributed by atoms with E-state index >= 15 is 0 Å². The number of hydrogen-bond donors (Lipinski definition) is 1. The molecule has 6 aromatic rings. The van der Waals surface area contributed by atoms with Crippen molar-refractivity contribution in [1.82, 2.24) is 19.1 Å². The van der Waals surface area contributed by atoms with Gasteiger partial charge in [-0.1, -0.05) is 24.3 Å². The molecule has 13 nitrogen and oxygen atoms in total. The van der Waals surface area contributed by atoms with Crippen molar-refractivity contribution in [2.75, 3.05) is 63.5 Å². The molecule has 1 N–H and O–H groups in total. The van der Waals surface area contributed by atoms with E-state index in [0.29, 0.717) is 42.8 Å². The van der Waals surface area contributed by atoms with Crippen LogP contribution in [0.5, 0.6) is 11.5 Å². The first-order chi connectivity index (χ1) is 31.1. The molecule has 13 heteroatoms. The van der Waals surface area contributed by atoms with Crippen LogP contribution in [0.15, 0.2) is 85.2 Å². The van der Waals surface area contributed by atoms with E-state index in [9.17, 15) is 9.59 Å². The van der Waals surface area contributed by atoms with Gasteiger partial charge in [0.2, 0.25) is 5.91 Å². The van der Waals surface area contributed by atoms with E-state index in [1.807, 2.05) is 64.1 Å². The van der Waals surface area contributed by atoms with Gasteiger partial charge in [-0.25, -0.2) is 14.8 Å². The Morgan fingerprint density at radius 2 is 1.20 bits per heavy atom. The number of anilines is 2. The summed E-state index contributed by atoms with van der Waals surface area (Å²) in [5.74, 6) is 2.40. The molecule has 8 rings (SSSR count). The lowest BCUT2D eigenvalue weighted by Gasteiger charge is -2.31. The topological polar surface area (TPSA) is 131 Å². The molecule has 0 saturated carbocycles. The molecule has 2 fully saturated rings. The highest BCUT2D eigenvalue weighted by Crippen LogP contribution is 2.32. The fourth-order valence-electron chi connectivity index (χ4n) is 8.98. The number of pyridine rings is 2. The average Bonchev–Trinajstić information content (AvgIpc) is 3.82. The number of rotatable bonds is 17. The maximum atomic E-state index is 14.2. The van der Waals surface area contributed by atoms with Gasteiger partial charge in [0.25, 0.3) is 0 Å². The summed E-state index contributed by atoms with van der Waals surface area (Å²) >= 11 is 0. The van der Waals surface area contributed by atoms with Crippen molar-refractivity contribution in [2.45, 2.75) is 79.3 Å². The summed E-state index contributed by atoms with van der Waals surface area (Å²) in [7, 11) is 1.35. The summed E-state index contributed by atoms with van der Waals surface area (Å²) in [6, 6.07) is 24.8. The highest BCUT2D eigenvalue weighted by Gasteiger charge is 2.34. The Balaban J connectivity index is 1.03. The largest absolute Gasteiger partial charge is 0.494 e. The van der Waals surface area contributed by atoms with E-state index in [1.54, 1.807) is 12.4 Å². The SMILES string of the molecule is CCOc1ccc(Cc2cc3cc(NC(=O)C(C)(C)CN(C(=O)OC)c4cnc5c(c4)cc(Cc4ccc(OCC)cc4)n5CC4CCOCC4)cnc3n2CC2CCOCC2)cc1. The molecule has 0 spiro atoms. The Morgan fingerprint density at radius 1 is 0.719 bits per heavy atom. The molecule has 0 bridgehead atoms. The van der Waals surface area contributed by atoms with E-state index in [0.717, 1.165) is 122 Å². The van der Waals surface area contributed by atoms with Gasteiger partial charge in [0.05, 0.1) is 49.5 Å². The molecular formula is C51H62N6O7. The van der Waals surface area contributed by atoms with E-state index in [1.165, 1.54) is 17.6 Å². The summed E-state index contributed by atoms with van der Waals surface area (Å²) in [5, 5.41) is 4.98. The van der Waals surface area contributed by atoms with E-state index in [2.05, 4.69) is 50.8 Å². The van der Waals surface area contributed by atoms with Crippen LogP contribution >= 0.6 is 0 Å². The second-order valence-electron chi connectivity index (χ2n) is 17.7. The van der Waals surface area contributed by atoms with Crippen molar-refractivity contribution in [2.24, 2.45) is 17.3 Å². The van der Waals surface area contributed by atoms with Crippen molar-refractivity contribution >= 4 is 45.4 Å². The quantitative estimate of drug-likeness (QED) is 0.0953. The van der Waals surface area contributed by atoms with Crippen molar-refractivity contribution in [1.29, 1.82) is 0 Å². The van der Waals surface area contributed by atoms with Crippen molar-refractivity contribution in [3.8, 4) is 11.5 Å². The normalized spacial score (nSPS) is 15.1. The molecule has 64 heavy (non-hydrogen) atoms. The molecule has 2 saturated heterocycles. The zero-order chi connectivity index (χ0) is 44.6. The Morgan fingerprint density at radius 3 is 1.69 bits per heavy atom. The molecular weight excluding hydrogens is 809 g/mol. The summed E-state index contributed by atoms with van der Waals surface area (Å²) < 4.78 is 32.7. The second kappa shape index (κ2) is 20.3. The predicted molar refractivity (Wildman–Crippen MR) is 250 cm³/mol. The zero-order valence-corrected chi connectivity index (χ0v) is 37.9. The van der Waals surface area contributed by atoms with Crippen LogP contribution in [0.2, 0.25) is 0 Å². The van der Waals surface area contributed by atoms with Gasteiger partial charge in [-0.15, -0.1) is 0 Å². The maximum Gasteiger partial charge on any atom is 0.414 e. The molecule has 0 aliphatic carbocycles. The second-order valence-corrected chi connectivity index (χ2v) is 17.7. The molecule has 0 atom stereocenters. The predicted octanol–water partition coefficient (Wildman–Crippen LogP) is 9.46. The van der Waals surface area contributed by atoms with E-state index < -0.39 is 11.5 Å². The zero-order valence-electron chi connectivity index (χ0n) is 37.9. The number of ether oxygens (including phenoxy) is 5. The minimum absolute atomic E-state index is 0.0455. The van der Waals surface area contributed by atoms with Gasteiger partial charge in [0.15, 0.2) is 0 Å². The number of nitrogens with zero attached hydrogens (tertiary/aromatic N) is 5. The van der Waals surface area contributed by atoms with E-state index in [4.69, 9.17) is 33.7 Å². The number of fused-ring (bicyclic) bond motifs is 2. The molecule has 2 aromatic carbocycles. The minimum Gasteiger partial charge on any atom is -0.494 e. The Kier molecular flexibility index (Phi) is 14.2. The molecule has 2 aliphatic heterocycles. The first-order valence-electron chi connectivity index (χ1n) is 22.8. The lowest BCUT2D eigenvalue weighted by Crippen LogP contribution is -2.44. The standard InChI is InChI=1S/C51H62N6O7/c1-6-63-45-12-8-35(9-13-45)24-42-27-39-26-41(30-52-47(39)55(42)32-37-16-20-61-21-17-37)54-49(58)51(3,4)34-57(50(59)60-5)44-29-40-28-43(25-36-10-14-46(15-11-36)64-7-2)56(48(40)53-31-44)33-38-18-22-62-23-19-38/h8-15,26-31,37-38H,6-7,16-25,32-34H2,1-5H3,(H,54,58). The van der Waals surface area contributed by atoms with Crippen molar-refractivity contribution < 1.29 is 33.3 Å². The van der Waals surface area contributed by atoms with Crippen LogP contribution in [0.1, 0.15) is 75.9 Å². The van der Waals surface area contributed by atoms with Gasteiger partial charge in [0, 0.05) is 81.1 Å². The smallest absolute Gasteiger partial charge is 0.414 e. The highest BCUT2D eigenvalue weighted by molar-refractivity contribution is 5.98. The lowest BCUT2D eigenvalue weighted by molar-refractivity contribution is -0.123. The van der Waals surface area contributed by atoms with Gasteiger partial charge in [-0.05, 0) is 125 Å². The van der Waals surface area contributed by atoms with Crippen LogP contribution < -0.4 is 19.7 Å². The van der Waals surface area contributed by atoms with Gasteiger partial charge in [-0.3, -0.25) is 9.69 Å². The number of benzene rings is 2. The maximum absolute atomic E-state index is 14.2. The fraction of sp³-hybridized carbons (Fsp3) is 0.451. The molecule has 338 valence electrons. The van der Waals surface area contributed by atoms with Gasteiger partial charge in [0.1, 0.15) is 22.8 Å². The van der Waals surface area contributed by atoms with E-state index in [-0.39, 0.29) is 12.5 Å². The molecule has 6 heterocycles. The summed E-state index contributed by atoms with van der Waals surface area (Å²) in [4.78, 5) is 39.2. The Bertz CT molecular complexity index is 2520. The monoisotopic (exact) mass is 870 g/mol. The third-order valence-electron chi connectivity index (χ3n) is 12.6. The molecule has 2 amide bonds. The van der Waals surface area contributed by atoms with Crippen LogP contribution in [-0.2, 0) is 44.9 Å². The number of amides is 2. The number of carbonyl (C=O) groups excluding carboxylic acids is 2. The molecule has 2 aliphatic rings. The Labute approximate surface area is 376 Å². The van der Waals surface area contributed by atoms with Crippen LogP contribution in [-0.4, -0.2) is 84.4 Å². The summed E-state index contributed by atoms with van der Waals surface area (Å²) in [5.41, 5.74) is 6.45. The van der Waals surface area contributed by atoms with Gasteiger partial charge in [-0.2, -0.15) is 0 Å². The van der Waals surface area contributed by atoms with Gasteiger partial charge < -0.3 is 38.1 Å². The van der Waals surface area contributed by atoms with Crippen molar-refractivity contribution in [3.63, 3.8) is 0 Å². The van der Waals surface area contributed by atoms with Crippen LogP contribution in [0, 0.1) is 17.3 Å². The van der Waals surface area contributed by atoms with Crippen LogP contribution in [0.3, 0.4) is 0 Å². The molecule has 4 aromatic heterocycles. The highest BCUT2D eigenvalue weighted by atomic mass is 16.5. The number of carbonyl (C=O) groups is 2. The first-order valence-corrected chi connectivity index (χ1v) is 22.8. The number of methoxy groups -OCH3 is 1. The number of hydrogen-bond acceptors (Lipinski definition) is 9. The van der Waals surface area contributed by atoms with Crippen molar-refractivity contribution in [3.05, 3.63) is 108 Å². The third kappa shape index (κ3) is 10.5. The third-order valence-corrected chi connectivity index (χ3v) is 12.6. The lowest BCUT2D eigenvalue weighted by atomic mass is 9.91. The minimum atomic E-state index is -1.04. The molecule has 0 radical (unpaired) electrons. The number of nitrogens with one attached hydrogen (secondary N) is 1. The average molecular weight is 871 g/mol. The van der Waals surface area contributed by atoms with Crippen LogP contribution in [0.25, 0.3) is 22.1 Å². The molecule has 0 unspecified atom stereocenters. The summed E-state index contributed by atoms with van der Waals surface area (Å²) in [6.45, 7) is 13.6.